The first-order chi connectivity index (χ1) is 8.29. The summed E-state index contributed by atoms with van der Waals surface area (Å²) >= 11 is 3.84. The van der Waals surface area contributed by atoms with E-state index in [4.69, 9.17) is 4.74 Å². The summed E-state index contributed by atoms with van der Waals surface area (Å²) in [6, 6.07) is 11.3. The normalized spacial score (nSPS) is 36.6. The lowest BCUT2D eigenvalue weighted by Crippen LogP contribution is -2.42. The van der Waals surface area contributed by atoms with Crippen molar-refractivity contribution in [2.45, 2.75) is 29.9 Å². The number of fused-ring (bicyclic) bond motifs is 2. The SMILES string of the molecule is CO[C@H]1C[C@@H]2CN(Cc3ccccc3)[C@H]1[C@@H]2Br. The zero-order chi connectivity index (χ0) is 11.8. The standard InChI is InChI=1S/C14H18BrNO/c1-17-12-7-11-9-16(14(12)13(11)15)8-10-5-3-2-4-6-10/h2-6,11-14H,7-9H2,1H3/t11-,12+,13-,14-/m1/s1. The smallest absolute Gasteiger partial charge is 0.0741 e. The van der Waals surface area contributed by atoms with Crippen LogP contribution in [0.5, 0.6) is 0 Å². The van der Waals surface area contributed by atoms with E-state index in [1.165, 1.54) is 18.5 Å². The molecule has 2 bridgehead atoms. The number of hydrogen-bond donors (Lipinski definition) is 0. The highest BCUT2D eigenvalue weighted by molar-refractivity contribution is 9.09. The molecule has 2 aliphatic rings. The molecule has 1 aromatic rings. The number of nitrogens with zero attached hydrogens (tertiary/aromatic N) is 1. The Morgan fingerprint density at radius 3 is 2.76 bits per heavy atom. The van der Waals surface area contributed by atoms with Crippen molar-refractivity contribution in [2.24, 2.45) is 5.92 Å². The second-order valence-electron chi connectivity index (χ2n) is 5.12. The molecule has 1 aromatic carbocycles. The van der Waals surface area contributed by atoms with Gasteiger partial charge in [0.15, 0.2) is 0 Å². The molecule has 0 aromatic heterocycles. The summed E-state index contributed by atoms with van der Waals surface area (Å²) < 4.78 is 5.61. The minimum Gasteiger partial charge on any atom is -0.380 e. The fourth-order valence-corrected chi connectivity index (χ4v) is 4.37. The Morgan fingerprint density at radius 2 is 2.12 bits per heavy atom. The van der Waals surface area contributed by atoms with Gasteiger partial charge in [0.2, 0.25) is 0 Å². The fraction of sp³-hybridized carbons (Fsp3) is 0.571. The monoisotopic (exact) mass is 295 g/mol. The lowest BCUT2D eigenvalue weighted by Gasteiger charge is -2.32. The molecule has 3 heteroatoms. The molecule has 1 aliphatic heterocycles. The van der Waals surface area contributed by atoms with Gasteiger partial charge >= 0.3 is 0 Å². The molecule has 0 amide bonds. The Kier molecular flexibility index (Phi) is 3.24. The van der Waals surface area contributed by atoms with Crippen molar-refractivity contribution in [1.82, 2.24) is 4.90 Å². The minimum absolute atomic E-state index is 0.404. The van der Waals surface area contributed by atoms with Crippen LogP contribution in [0.3, 0.4) is 0 Å². The van der Waals surface area contributed by atoms with E-state index in [1.807, 2.05) is 7.11 Å². The highest BCUT2D eigenvalue weighted by Crippen LogP contribution is 2.44. The first-order valence-corrected chi connectivity index (χ1v) is 7.16. The van der Waals surface area contributed by atoms with E-state index in [-0.39, 0.29) is 0 Å². The first kappa shape index (κ1) is 11.7. The predicted molar refractivity (Wildman–Crippen MR) is 72.3 cm³/mol. The molecule has 1 saturated carbocycles. The van der Waals surface area contributed by atoms with Crippen molar-refractivity contribution in [1.29, 1.82) is 0 Å². The number of likely N-dealkylation sites (tertiary alicyclic amines) is 1. The molecule has 17 heavy (non-hydrogen) atoms. The maximum absolute atomic E-state index is 5.61. The van der Waals surface area contributed by atoms with E-state index in [0.717, 1.165) is 12.5 Å². The molecule has 2 fully saturated rings. The largest absolute Gasteiger partial charge is 0.380 e. The summed E-state index contributed by atoms with van der Waals surface area (Å²) in [7, 11) is 1.84. The number of piperidine rings is 1. The zero-order valence-electron chi connectivity index (χ0n) is 10.1. The summed E-state index contributed by atoms with van der Waals surface area (Å²) in [5.74, 6) is 0.758. The number of rotatable bonds is 3. The van der Waals surface area contributed by atoms with Gasteiger partial charge in [0.25, 0.3) is 0 Å². The van der Waals surface area contributed by atoms with Gasteiger partial charge in [-0.05, 0) is 17.9 Å². The quantitative estimate of drug-likeness (QED) is 0.795. The highest BCUT2D eigenvalue weighted by atomic mass is 79.9. The first-order valence-electron chi connectivity index (χ1n) is 6.24. The predicted octanol–water partition coefficient (Wildman–Crippen LogP) is 2.67. The third-order valence-electron chi connectivity index (χ3n) is 4.11. The maximum atomic E-state index is 5.61. The van der Waals surface area contributed by atoms with Gasteiger partial charge in [-0.1, -0.05) is 46.3 Å². The molecular weight excluding hydrogens is 278 g/mol. The van der Waals surface area contributed by atoms with E-state index in [2.05, 4.69) is 51.2 Å². The Bertz CT molecular complexity index is 383. The highest BCUT2D eigenvalue weighted by Gasteiger charge is 2.51. The third kappa shape index (κ3) is 2.05. The number of alkyl halides is 1. The maximum Gasteiger partial charge on any atom is 0.0741 e. The van der Waals surface area contributed by atoms with Crippen LogP contribution >= 0.6 is 15.9 Å². The summed E-state index contributed by atoms with van der Waals surface area (Å²) in [6.45, 7) is 2.25. The molecule has 2 nitrogen and oxygen atoms in total. The van der Waals surface area contributed by atoms with Crippen LogP contribution in [0.25, 0.3) is 0 Å². The molecule has 92 valence electrons. The topological polar surface area (TPSA) is 12.5 Å². The molecule has 0 radical (unpaired) electrons. The number of halogens is 1. The van der Waals surface area contributed by atoms with Crippen LogP contribution < -0.4 is 0 Å². The van der Waals surface area contributed by atoms with Crippen molar-refractivity contribution in [2.75, 3.05) is 13.7 Å². The van der Waals surface area contributed by atoms with Gasteiger partial charge in [-0.15, -0.1) is 0 Å². The molecule has 3 rings (SSSR count). The second-order valence-corrected chi connectivity index (χ2v) is 6.18. The minimum atomic E-state index is 0.404. The van der Waals surface area contributed by atoms with Gasteiger partial charge in [0.1, 0.15) is 0 Å². The summed E-state index contributed by atoms with van der Waals surface area (Å²) in [5, 5.41) is 0. The fourth-order valence-electron chi connectivity index (χ4n) is 3.31. The van der Waals surface area contributed by atoms with Gasteiger partial charge in [0, 0.05) is 31.1 Å². The molecule has 1 saturated heterocycles. The van der Waals surface area contributed by atoms with Crippen molar-refractivity contribution in [3.8, 4) is 0 Å². The molecule has 0 unspecified atom stereocenters. The lowest BCUT2D eigenvalue weighted by atomic mass is 10.1. The van der Waals surface area contributed by atoms with E-state index < -0.39 is 0 Å². The van der Waals surface area contributed by atoms with Gasteiger partial charge in [-0.3, -0.25) is 4.90 Å². The lowest BCUT2D eigenvalue weighted by molar-refractivity contribution is 0.0172. The van der Waals surface area contributed by atoms with Crippen LogP contribution in [0.4, 0.5) is 0 Å². The van der Waals surface area contributed by atoms with Gasteiger partial charge < -0.3 is 4.74 Å². The number of hydrogen-bond acceptors (Lipinski definition) is 2. The molecule has 1 aliphatic carbocycles. The van der Waals surface area contributed by atoms with Crippen LogP contribution in [0.2, 0.25) is 0 Å². The molecule has 0 spiro atoms. The Labute approximate surface area is 111 Å². The Balaban J connectivity index is 1.73. The van der Waals surface area contributed by atoms with Crippen molar-refractivity contribution in [3.63, 3.8) is 0 Å². The van der Waals surface area contributed by atoms with Gasteiger partial charge in [-0.2, -0.15) is 0 Å². The van der Waals surface area contributed by atoms with Crippen LogP contribution in [0.15, 0.2) is 30.3 Å². The Hall–Kier alpha value is -0.380. The second kappa shape index (κ2) is 4.71. The number of benzene rings is 1. The summed E-state index contributed by atoms with van der Waals surface area (Å²) in [5.41, 5.74) is 1.40. The average molecular weight is 296 g/mol. The van der Waals surface area contributed by atoms with E-state index in [0.29, 0.717) is 17.0 Å². The average Bonchev–Trinajstić information content (AvgIpc) is 2.83. The van der Waals surface area contributed by atoms with Crippen molar-refractivity contribution in [3.05, 3.63) is 35.9 Å². The number of methoxy groups -OCH3 is 1. The van der Waals surface area contributed by atoms with Gasteiger partial charge in [0.05, 0.1) is 6.10 Å². The van der Waals surface area contributed by atoms with Crippen molar-refractivity contribution >= 4 is 15.9 Å². The molecular formula is C14H18BrNO. The Morgan fingerprint density at radius 1 is 1.35 bits per heavy atom. The third-order valence-corrected chi connectivity index (χ3v) is 5.40. The molecule has 0 N–H and O–H groups in total. The van der Waals surface area contributed by atoms with E-state index in [1.54, 1.807) is 0 Å². The van der Waals surface area contributed by atoms with E-state index in [9.17, 15) is 0 Å². The molecule has 4 atom stereocenters. The zero-order valence-corrected chi connectivity index (χ0v) is 11.6. The summed E-state index contributed by atoms with van der Waals surface area (Å²) in [6.07, 6.45) is 1.62. The summed E-state index contributed by atoms with van der Waals surface area (Å²) in [4.78, 5) is 3.17. The van der Waals surface area contributed by atoms with Crippen molar-refractivity contribution < 1.29 is 4.74 Å². The van der Waals surface area contributed by atoms with Crippen LogP contribution in [-0.2, 0) is 11.3 Å². The van der Waals surface area contributed by atoms with Gasteiger partial charge in [-0.25, -0.2) is 0 Å². The van der Waals surface area contributed by atoms with Crippen LogP contribution in [0.1, 0.15) is 12.0 Å². The van der Waals surface area contributed by atoms with Crippen LogP contribution in [-0.4, -0.2) is 35.5 Å². The molecule has 1 heterocycles. The van der Waals surface area contributed by atoms with Crippen LogP contribution in [0, 0.1) is 5.92 Å². The number of ether oxygens (including phenoxy) is 1. The van der Waals surface area contributed by atoms with E-state index >= 15 is 0 Å².